The van der Waals surface area contributed by atoms with E-state index in [1.54, 1.807) is 24.3 Å². The molecule has 4 rings (SSSR count). The molecule has 4 nitrogen and oxygen atoms in total. The van der Waals surface area contributed by atoms with Gasteiger partial charge in [-0.25, -0.2) is 0 Å². The number of hydrogen-bond acceptors (Lipinski definition) is 4. The Morgan fingerprint density at radius 1 is 0.500 bits per heavy atom. The van der Waals surface area contributed by atoms with Crippen LogP contribution in [0.25, 0.3) is 0 Å². The van der Waals surface area contributed by atoms with Gasteiger partial charge in [0.15, 0.2) is 0 Å². The monoisotopic (exact) mass is 438 g/mol. The standard InChI is InChI=1S/C24H18N2O2.2ClH/c27-17-19-1-5-23(6-2-19)25-13-9-21(10-14-25)22-11-15-26(16-12-22)24-7-3-20(18-28)4-8-24;;/h1-18H;2*1H. The lowest BCUT2D eigenvalue weighted by Crippen LogP contribution is -2.12. The van der Waals surface area contributed by atoms with Crippen LogP contribution in [0.15, 0.2) is 109 Å². The van der Waals surface area contributed by atoms with Crippen LogP contribution in [-0.4, -0.2) is 12.6 Å². The van der Waals surface area contributed by atoms with E-state index in [1.165, 1.54) is 0 Å². The zero-order chi connectivity index (χ0) is 19.3. The van der Waals surface area contributed by atoms with Crippen LogP contribution in [0.4, 0.5) is 11.4 Å². The summed E-state index contributed by atoms with van der Waals surface area (Å²) in [6, 6.07) is 14.9. The van der Waals surface area contributed by atoms with Gasteiger partial charge in [0.2, 0.25) is 0 Å². The second-order valence-electron chi connectivity index (χ2n) is 6.41. The van der Waals surface area contributed by atoms with Gasteiger partial charge in [0.05, 0.1) is 0 Å². The predicted octanol–water partition coefficient (Wildman–Crippen LogP) is 5.85. The molecule has 0 unspecified atom stereocenters. The smallest absolute Gasteiger partial charge is 0.150 e. The minimum Gasteiger partial charge on any atom is -0.324 e. The third-order valence-corrected chi connectivity index (χ3v) is 4.65. The maximum Gasteiger partial charge on any atom is 0.150 e. The highest BCUT2D eigenvalue weighted by molar-refractivity contribution is 5.85. The molecule has 30 heavy (non-hydrogen) atoms. The molecule has 0 N–H and O–H groups in total. The average molecular weight is 439 g/mol. The lowest BCUT2D eigenvalue weighted by molar-refractivity contribution is 0.111. The predicted molar refractivity (Wildman–Crippen MR) is 127 cm³/mol. The molecule has 2 heterocycles. The number of hydrogen-bond donors (Lipinski definition) is 0. The quantitative estimate of drug-likeness (QED) is 0.561. The lowest BCUT2D eigenvalue weighted by Gasteiger charge is -2.22. The van der Waals surface area contributed by atoms with Crippen molar-refractivity contribution in [1.29, 1.82) is 0 Å². The first-order valence-electron chi connectivity index (χ1n) is 8.91. The highest BCUT2D eigenvalue weighted by atomic mass is 35.5. The molecule has 0 bridgehead atoms. The number of carbonyl (C=O) groups excluding carboxylic acids is 2. The van der Waals surface area contributed by atoms with Crippen molar-refractivity contribution in [2.45, 2.75) is 0 Å². The summed E-state index contributed by atoms with van der Waals surface area (Å²) in [6.45, 7) is 0. The fourth-order valence-electron chi connectivity index (χ4n) is 3.03. The van der Waals surface area contributed by atoms with E-state index in [0.29, 0.717) is 11.1 Å². The molecule has 0 aromatic heterocycles. The van der Waals surface area contributed by atoms with E-state index < -0.39 is 0 Å². The van der Waals surface area contributed by atoms with Crippen molar-refractivity contribution in [3.8, 4) is 0 Å². The first-order valence-corrected chi connectivity index (χ1v) is 8.91. The zero-order valence-corrected chi connectivity index (χ0v) is 17.6. The Morgan fingerprint density at radius 3 is 1.07 bits per heavy atom. The third-order valence-electron chi connectivity index (χ3n) is 4.65. The Bertz CT molecular complexity index is 932. The molecule has 0 amide bonds. The molecule has 6 heteroatoms. The van der Waals surface area contributed by atoms with E-state index in [-0.39, 0.29) is 24.8 Å². The van der Waals surface area contributed by atoms with Crippen LogP contribution in [-0.2, 0) is 0 Å². The molecule has 0 saturated heterocycles. The Labute approximate surface area is 188 Å². The molecular formula is C24H20Cl2N2O2. The van der Waals surface area contributed by atoms with Gasteiger partial charge >= 0.3 is 0 Å². The van der Waals surface area contributed by atoms with Crippen LogP contribution in [0.3, 0.4) is 0 Å². The van der Waals surface area contributed by atoms with Crippen molar-refractivity contribution in [3.05, 3.63) is 120 Å². The summed E-state index contributed by atoms with van der Waals surface area (Å²) in [5, 5.41) is 0. The van der Waals surface area contributed by atoms with Crippen molar-refractivity contribution in [3.63, 3.8) is 0 Å². The number of benzene rings is 2. The summed E-state index contributed by atoms with van der Waals surface area (Å²) in [5.74, 6) is 0. The number of allylic oxidation sites excluding steroid dienone is 6. The van der Waals surface area contributed by atoms with E-state index in [1.807, 2.05) is 58.9 Å². The van der Waals surface area contributed by atoms with Gasteiger partial charge in [-0.3, -0.25) is 9.59 Å². The molecule has 2 aliphatic rings. The molecule has 152 valence electrons. The van der Waals surface area contributed by atoms with Gasteiger partial charge in [-0.1, -0.05) is 0 Å². The summed E-state index contributed by atoms with van der Waals surface area (Å²) in [6.07, 6.45) is 18.0. The lowest BCUT2D eigenvalue weighted by atomic mass is 10.0. The topological polar surface area (TPSA) is 40.6 Å². The maximum atomic E-state index is 10.8. The molecule has 0 radical (unpaired) electrons. The highest BCUT2D eigenvalue weighted by Gasteiger charge is 2.09. The zero-order valence-electron chi connectivity index (χ0n) is 15.9. The molecule has 0 aliphatic carbocycles. The summed E-state index contributed by atoms with van der Waals surface area (Å²) in [7, 11) is 0. The van der Waals surface area contributed by atoms with Crippen molar-refractivity contribution >= 4 is 48.8 Å². The molecular weight excluding hydrogens is 419 g/mol. The normalized spacial score (nSPS) is 14.3. The van der Waals surface area contributed by atoms with E-state index >= 15 is 0 Å². The molecule has 2 aromatic rings. The summed E-state index contributed by atoms with van der Waals surface area (Å²) < 4.78 is 0. The maximum absolute atomic E-state index is 10.8. The highest BCUT2D eigenvalue weighted by Crippen LogP contribution is 2.25. The average Bonchev–Trinajstić information content (AvgIpc) is 2.79. The SMILES string of the molecule is Cl.Cl.O=Cc1ccc(N2C=CC(=C3C=CN(c4ccc(C=O)cc4)C=C3)C=C2)cc1. The number of halogens is 2. The fourth-order valence-corrected chi connectivity index (χ4v) is 3.03. The fraction of sp³-hybridized carbons (Fsp3) is 0. The van der Waals surface area contributed by atoms with Crippen molar-refractivity contribution in [2.24, 2.45) is 0 Å². The van der Waals surface area contributed by atoms with Gasteiger partial charge in [-0.05, 0) is 84.0 Å². The van der Waals surface area contributed by atoms with Crippen molar-refractivity contribution in [1.82, 2.24) is 0 Å². The molecule has 0 atom stereocenters. The van der Waals surface area contributed by atoms with E-state index in [2.05, 4.69) is 24.3 Å². The van der Waals surface area contributed by atoms with Crippen LogP contribution >= 0.6 is 24.8 Å². The molecule has 0 fully saturated rings. The Hall–Kier alpha value is -3.34. The molecule has 0 saturated carbocycles. The van der Waals surface area contributed by atoms with Gasteiger partial charge in [0.25, 0.3) is 0 Å². The largest absolute Gasteiger partial charge is 0.324 e. The Balaban J connectivity index is 0.00000160. The van der Waals surface area contributed by atoms with E-state index in [0.717, 1.165) is 35.1 Å². The Kier molecular flexibility index (Phi) is 7.98. The van der Waals surface area contributed by atoms with Gasteiger partial charge in [-0.15, -0.1) is 24.8 Å². The second kappa shape index (κ2) is 10.4. The second-order valence-corrected chi connectivity index (χ2v) is 6.41. The van der Waals surface area contributed by atoms with Crippen LogP contribution in [0, 0.1) is 0 Å². The Morgan fingerprint density at radius 2 is 0.800 bits per heavy atom. The van der Waals surface area contributed by atoms with Crippen molar-refractivity contribution < 1.29 is 9.59 Å². The summed E-state index contributed by atoms with van der Waals surface area (Å²) in [4.78, 5) is 25.6. The summed E-state index contributed by atoms with van der Waals surface area (Å²) >= 11 is 0. The van der Waals surface area contributed by atoms with Crippen LogP contribution in [0.1, 0.15) is 20.7 Å². The summed E-state index contributed by atoms with van der Waals surface area (Å²) in [5.41, 5.74) is 5.57. The van der Waals surface area contributed by atoms with Crippen molar-refractivity contribution in [2.75, 3.05) is 9.80 Å². The first-order chi connectivity index (χ1) is 13.8. The number of nitrogens with zero attached hydrogens (tertiary/aromatic N) is 2. The minimum atomic E-state index is 0. The molecule has 0 spiro atoms. The number of rotatable bonds is 4. The third kappa shape index (κ3) is 4.98. The molecule has 2 aliphatic heterocycles. The first kappa shape index (κ1) is 22.9. The minimum absolute atomic E-state index is 0. The van der Waals surface area contributed by atoms with Crippen LogP contribution < -0.4 is 9.80 Å². The number of anilines is 2. The van der Waals surface area contributed by atoms with E-state index in [4.69, 9.17) is 0 Å². The number of carbonyl (C=O) groups is 2. The van der Waals surface area contributed by atoms with Gasteiger partial charge < -0.3 is 9.80 Å². The van der Waals surface area contributed by atoms with Gasteiger partial charge in [0, 0.05) is 47.3 Å². The van der Waals surface area contributed by atoms with Crippen LogP contribution in [0.5, 0.6) is 0 Å². The van der Waals surface area contributed by atoms with Gasteiger partial charge in [-0.2, -0.15) is 0 Å². The molecule has 2 aromatic carbocycles. The van der Waals surface area contributed by atoms with Crippen LogP contribution in [0.2, 0.25) is 0 Å². The van der Waals surface area contributed by atoms with Gasteiger partial charge in [0.1, 0.15) is 12.6 Å². The number of aldehydes is 2. The van der Waals surface area contributed by atoms with E-state index in [9.17, 15) is 9.59 Å².